The highest BCUT2D eigenvalue weighted by Gasteiger charge is 2.24. The van der Waals surface area contributed by atoms with Crippen molar-refractivity contribution in [1.29, 1.82) is 0 Å². The molecule has 0 heterocycles. The molecule has 1 nitrogen and oxygen atoms in total. The van der Waals surface area contributed by atoms with Crippen molar-refractivity contribution in [3.8, 4) is 0 Å². The molecule has 1 aromatic carbocycles. The van der Waals surface area contributed by atoms with Gasteiger partial charge in [-0.05, 0) is 53.6 Å². The molecule has 1 aromatic rings. The molecule has 0 N–H and O–H groups in total. The van der Waals surface area contributed by atoms with E-state index in [1.165, 1.54) is 18.4 Å². The molecule has 1 saturated carbocycles. The number of rotatable bonds is 1. The molecular formula is C10H9Cl3O. The third-order valence-corrected chi connectivity index (χ3v) is 2.27. The molecule has 0 aliphatic heterocycles. The summed E-state index contributed by atoms with van der Waals surface area (Å²) in [6, 6.07) is 8.13. The molecule has 0 spiro atoms. The van der Waals surface area contributed by atoms with Gasteiger partial charge in [0.15, 0.2) is 0 Å². The summed E-state index contributed by atoms with van der Waals surface area (Å²) in [5, 5.41) is 0.935. The summed E-state index contributed by atoms with van der Waals surface area (Å²) in [7, 11) is 0. The molecule has 0 unspecified atom stereocenters. The van der Waals surface area contributed by atoms with Crippen LogP contribution in [-0.2, 0) is 0 Å². The summed E-state index contributed by atoms with van der Waals surface area (Å²) < 4.78 is -0.889. The van der Waals surface area contributed by atoms with Crippen LogP contribution in [0.25, 0.3) is 0 Å². The molecule has 0 bridgehead atoms. The minimum Gasteiger partial charge on any atom is -0.262 e. The molecule has 14 heavy (non-hydrogen) atoms. The number of carbonyl (C=O) groups is 1. The normalized spacial score (nSPS) is 14.2. The minimum absolute atomic E-state index is 0.772. The maximum atomic E-state index is 8.98. The maximum Gasteiger partial charge on any atom is 0.313 e. The Hall–Kier alpha value is -0.240. The second-order valence-corrected chi connectivity index (χ2v) is 4.31. The van der Waals surface area contributed by atoms with Gasteiger partial charge in [-0.15, -0.1) is 0 Å². The average Bonchev–Trinajstić information content (AvgIpc) is 2.87. The van der Waals surface area contributed by atoms with Crippen molar-refractivity contribution in [3.05, 3.63) is 34.9 Å². The third kappa shape index (κ3) is 4.32. The number of benzene rings is 1. The Labute approximate surface area is 98.0 Å². The quantitative estimate of drug-likeness (QED) is 0.655. The van der Waals surface area contributed by atoms with Crippen molar-refractivity contribution in [2.75, 3.05) is 0 Å². The van der Waals surface area contributed by atoms with Gasteiger partial charge in [0.25, 0.3) is 0 Å². The van der Waals surface area contributed by atoms with E-state index in [0.717, 1.165) is 10.9 Å². The predicted molar refractivity (Wildman–Crippen MR) is 60.5 cm³/mol. The summed E-state index contributed by atoms with van der Waals surface area (Å²) in [6.07, 6.45) is 2.65. The van der Waals surface area contributed by atoms with E-state index in [1.54, 1.807) is 0 Å². The third-order valence-electron chi connectivity index (χ3n) is 1.92. The summed E-state index contributed by atoms with van der Waals surface area (Å²) in [6.45, 7) is 0. The Morgan fingerprint density at radius 3 is 2.14 bits per heavy atom. The Kier molecular flexibility index (Phi) is 4.73. The van der Waals surface area contributed by atoms with Crippen LogP contribution in [0.15, 0.2) is 24.3 Å². The minimum atomic E-state index is -0.889. The van der Waals surface area contributed by atoms with E-state index >= 15 is 0 Å². The van der Waals surface area contributed by atoms with E-state index in [0.29, 0.717) is 0 Å². The molecule has 0 radical (unpaired) electrons. The fourth-order valence-corrected chi connectivity index (χ4v) is 1.49. The van der Waals surface area contributed by atoms with Crippen LogP contribution >= 0.6 is 34.8 Å². The van der Waals surface area contributed by atoms with E-state index in [2.05, 4.69) is 35.3 Å². The SMILES string of the molecule is Clc1ccccc1C1CC1.O=C(Cl)Cl. The van der Waals surface area contributed by atoms with Crippen LogP contribution < -0.4 is 0 Å². The van der Waals surface area contributed by atoms with Gasteiger partial charge < -0.3 is 0 Å². The lowest BCUT2D eigenvalue weighted by atomic mass is 10.1. The van der Waals surface area contributed by atoms with Crippen LogP contribution in [0.4, 0.5) is 4.79 Å². The maximum absolute atomic E-state index is 8.98. The molecule has 4 heteroatoms. The lowest BCUT2D eigenvalue weighted by Crippen LogP contribution is -1.78. The van der Waals surface area contributed by atoms with E-state index in [9.17, 15) is 0 Å². The molecule has 1 fully saturated rings. The van der Waals surface area contributed by atoms with E-state index < -0.39 is 4.70 Å². The van der Waals surface area contributed by atoms with Crippen molar-refractivity contribution >= 4 is 39.5 Å². The second kappa shape index (κ2) is 5.59. The largest absolute Gasteiger partial charge is 0.313 e. The zero-order valence-electron chi connectivity index (χ0n) is 7.34. The van der Waals surface area contributed by atoms with Crippen LogP contribution in [0.2, 0.25) is 5.02 Å². The van der Waals surface area contributed by atoms with Gasteiger partial charge >= 0.3 is 4.70 Å². The van der Waals surface area contributed by atoms with Crippen molar-refractivity contribution in [2.24, 2.45) is 0 Å². The standard InChI is InChI=1S/C9H9Cl.CCl2O/c10-9-4-2-1-3-8(9)7-5-6-7;2-1(3)4/h1-4,7H,5-6H2;. The zero-order valence-corrected chi connectivity index (χ0v) is 9.61. The lowest BCUT2D eigenvalue weighted by molar-refractivity contribution is 0.275. The molecule has 0 saturated heterocycles. The summed E-state index contributed by atoms with van der Waals surface area (Å²) in [5.74, 6) is 0.772. The highest BCUT2D eigenvalue weighted by molar-refractivity contribution is 6.93. The van der Waals surface area contributed by atoms with Crippen molar-refractivity contribution in [1.82, 2.24) is 0 Å². The lowest BCUT2D eigenvalue weighted by Gasteiger charge is -1.98. The van der Waals surface area contributed by atoms with Crippen LogP contribution in [0.5, 0.6) is 0 Å². The molecule has 76 valence electrons. The molecule has 0 amide bonds. The molecule has 1 aliphatic carbocycles. The molecule has 0 atom stereocenters. The monoisotopic (exact) mass is 250 g/mol. The smallest absolute Gasteiger partial charge is 0.262 e. The predicted octanol–water partition coefficient (Wildman–Crippen LogP) is 4.80. The van der Waals surface area contributed by atoms with Crippen LogP contribution in [-0.4, -0.2) is 4.70 Å². The van der Waals surface area contributed by atoms with E-state index in [4.69, 9.17) is 16.4 Å². The van der Waals surface area contributed by atoms with Gasteiger partial charge in [-0.2, -0.15) is 0 Å². The highest BCUT2D eigenvalue weighted by Crippen LogP contribution is 2.42. The first-order chi connectivity index (χ1) is 6.61. The fraction of sp³-hybridized carbons (Fsp3) is 0.300. The highest BCUT2D eigenvalue weighted by atomic mass is 35.5. The number of hydrogen-bond acceptors (Lipinski definition) is 1. The summed E-state index contributed by atoms with van der Waals surface area (Å²) in [5.41, 5.74) is 1.34. The Morgan fingerprint density at radius 2 is 1.71 bits per heavy atom. The van der Waals surface area contributed by atoms with Crippen LogP contribution in [0, 0.1) is 0 Å². The first-order valence-electron chi connectivity index (χ1n) is 4.20. The number of carbonyl (C=O) groups excluding carboxylic acids is 1. The average molecular weight is 252 g/mol. The number of hydrogen-bond donors (Lipinski definition) is 0. The number of halogens is 3. The van der Waals surface area contributed by atoms with Gasteiger partial charge in [-0.25, -0.2) is 0 Å². The molecule has 1 aliphatic rings. The topological polar surface area (TPSA) is 17.1 Å². The van der Waals surface area contributed by atoms with Crippen LogP contribution in [0.1, 0.15) is 24.3 Å². The summed E-state index contributed by atoms with van der Waals surface area (Å²) in [4.78, 5) is 8.98. The van der Waals surface area contributed by atoms with Gasteiger partial charge in [-0.3, -0.25) is 4.79 Å². The second-order valence-electron chi connectivity index (χ2n) is 3.02. The summed E-state index contributed by atoms with van der Waals surface area (Å²) >= 11 is 14.8. The van der Waals surface area contributed by atoms with Crippen molar-refractivity contribution in [3.63, 3.8) is 0 Å². The first-order valence-corrected chi connectivity index (χ1v) is 5.34. The van der Waals surface area contributed by atoms with Crippen molar-refractivity contribution < 1.29 is 4.79 Å². The van der Waals surface area contributed by atoms with Gasteiger partial charge in [0.2, 0.25) is 0 Å². The molecule has 2 rings (SSSR count). The Balaban J connectivity index is 0.000000213. The fourth-order valence-electron chi connectivity index (χ4n) is 1.20. The Morgan fingerprint density at radius 1 is 1.21 bits per heavy atom. The molecule has 0 aromatic heterocycles. The van der Waals surface area contributed by atoms with E-state index in [1.807, 2.05) is 12.1 Å². The van der Waals surface area contributed by atoms with Gasteiger partial charge in [0.1, 0.15) is 0 Å². The van der Waals surface area contributed by atoms with Gasteiger partial charge in [0, 0.05) is 5.02 Å². The van der Waals surface area contributed by atoms with Crippen molar-refractivity contribution in [2.45, 2.75) is 18.8 Å². The molecular weight excluding hydrogens is 242 g/mol. The van der Waals surface area contributed by atoms with Gasteiger partial charge in [-0.1, -0.05) is 29.8 Å². The first kappa shape index (κ1) is 11.8. The van der Waals surface area contributed by atoms with Gasteiger partial charge in [0.05, 0.1) is 0 Å². The zero-order chi connectivity index (χ0) is 10.6. The Bertz CT molecular complexity index is 317. The van der Waals surface area contributed by atoms with E-state index in [-0.39, 0.29) is 0 Å². The van der Waals surface area contributed by atoms with Crippen LogP contribution in [0.3, 0.4) is 0 Å².